The van der Waals surface area contributed by atoms with E-state index in [9.17, 15) is 14.4 Å². The Morgan fingerprint density at radius 3 is 2.75 bits per heavy atom. The van der Waals surface area contributed by atoms with Gasteiger partial charge in [-0.3, -0.25) is 24.3 Å². The summed E-state index contributed by atoms with van der Waals surface area (Å²) in [5.74, 6) is -2.23. The van der Waals surface area contributed by atoms with Crippen molar-refractivity contribution >= 4 is 41.2 Å². The second kappa shape index (κ2) is 4.27. The highest BCUT2D eigenvalue weighted by molar-refractivity contribution is 7.71. The number of aliphatic carboxylic acids is 1. The van der Waals surface area contributed by atoms with Crippen molar-refractivity contribution in [3.05, 3.63) is 15.1 Å². The van der Waals surface area contributed by atoms with E-state index in [0.717, 1.165) is 4.90 Å². The van der Waals surface area contributed by atoms with E-state index < -0.39 is 23.4 Å². The molecule has 1 aliphatic rings. The number of H-pyrrole nitrogens is 3. The van der Waals surface area contributed by atoms with Gasteiger partial charge in [0.1, 0.15) is 5.52 Å². The Hall–Kier alpha value is -2.49. The molecular formula is C10H9N5O4S. The van der Waals surface area contributed by atoms with E-state index >= 15 is 0 Å². The number of anilines is 1. The molecule has 2 aromatic heterocycles. The van der Waals surface area contributed by atoms with Gasteiger partial charge in [0.05, 0.1) is 5.92 Å². The fourth-order valence-corrected chi connectivity index (χ4v) is 2.32. The second-order valence-electron chi connectivity index (χ2n) is 4.44. The Bertz CT molecular complexity index is 834. The number of aromatic nitrogens is 4. The lowest BCUT2D eigenvalue weighted by atomic mass is 10.1. The fourth-order valence-electron chi connectivity index (χ4n) is 2.13. The maximum absolute atomic E-state index is 11.8. The average molecular weight is 295 g/mol. The predicted molar refractivity (Wildman–Crippen MR) is 70.0 cm³/mol. The summed E-state index contributed by atoms with van der Waals surface area (Å²) < 4.78 is 0.242. The number of hydrogen-bond acceptors (Lipinski definition) is 5. The molecule has 2 aromatic rings. The van der Waals surface area contributed by atoms with E-state index in [1.165, 1.54) is 0 Å². The van der Waals surface area contributed by atoms with Crippen LogP contribution >= 0.6 is 12.2 Å². The first-order chi connectivity index (χ1) is 9.45. The van der Waals surface area contributed by atoms with Gasteiger partial charge < -0.3 is 15.1 Å². The van der Waals surface area contributed by atoms with Crippen molar-refractivity contribution in [1.82, 2.24) is 19.9 Å². The highest BCUT2D eigenvalue weighted by Gasteiger charge is 2.36. The molecule has 1 amide bonds. The standard InChI is InChI=1S/C10H9N5O4S/c16-4-1-3(8(18)19)2-15(4)9-12-6-5(7(17)14-9)11-10(20)13-6/h3H,1-2H2,(H,18,19)(H3,11,12,13,14,17,20). The summed E-state index contributed by atoms with van der Waals surface area (Å²) >= 11 is 4.86. The van der Waals surface area contributed by atoms with Crippen LogP contribution in [0.1, 0.15) is 6.42 Å². The summed E-state index contributed by atoms with van der Waals surface area (Å²) in [6.45, 7) is -0.0201. The zero-order valence-electron chi connectivity index (χ0n) is 9.97. The van der Waals surface area contributed by atoms with Crippen molar-refractivity contribution in [2.24, 2.45) is 5.92 Å². The third-order valence-corrected chi connectivity index (χ3v) is 3.31. The normalized spacial score (nSPS) is 18.9. The molecule has 0 aromatic carbocycles. The Balaban J connectivity index is 2.07. The third kappa shape index (κ3) is 1.90. The zero-order valence-corrected chi connectivity index (χ0v) is 10.8. The van der Waals surface area contributed by atoms with Crippen LogP contribution in [-0.2, 0) is 9.59 Å². The topological polar surface area (TPSA) is 135 Å². The average Bonchev–Trinajstić information content (AvgIpc) is 2.92. The lowest BCUT2D eigenvalue weighted by Gasteiger charge is -2.13. The number of aromatic amines is 3. The van der Waals surface area contributed by atoms with Crippen LogP contribution in [0, 0.1) is 10.7 Å². The van der Waals surface area contributed by atoms with E-state index in [2.05, 4.69) is 19.9 Å². The number of carboxylic acids is 1. The Morgan fingerprint density at radius 1 is 1.35 bits per heavy atom. The number of hydrogen-bond donors (Lipinski definition) is 4. The molecule has 1 unspecified atom stereocenters. The van der Waals surface area contributed by atoms with Gasteiger partial charge in [-0.05, 0) is 12.2 Å². The number of amides is 1. The molecule has 20 heavy (non-hydrogen) atoms. The summed E-state index contributed by atoms with van der Waals surface area (Å²) in [4.78, 5) is 47.6. The molecule has 1 atom stereocenters. The van der Waals surface area contributed by atoms with Gasteiger partial charge in [0.15, 0.2) is 10.4 Å². The molecular weight excluding hydrogens is 286 g/mol. The van der Waals surface area contributed by atoms with E-state index in [0.29, 0.717) is 0 Å². The summed E-state index contributed by atoms with van der Waals surface area (Å²) in [5, 5.41) is 8.93. The summed E-state index contributed by atoms with van der Waals surface area (Å²) in [5.41, 5.74) is -0.0792. The monoisotopic (exact) mass is 295 g/mol. The van der Waals surface area contributed by atoms with Crippen LogP contribution in [0.5, 0.6) is 0 Å². The first kappa shape index (κ1) is 12.5. The number of carbonyl (C=O) groups excluding carboxylic acids is 1. The molecule has 0 saturated carbocycles. The molecule has 1 saturated heterocycles. The van der Waals surface area contributed by atoms with E-state index in [1.807, 2.05) is 0 Å². The van der Waals surface area contributed by atoms with Crippen molar-refractivity contribution in [3.8, 4) is 0 Å². The maximum Gasteiger partial charge on any atom is 0.308 e. The van der Waals surface area contributed by atoms with Crippen LogP contribution in [0.3, 0.4) is 0 Å². The van der Waals surface area contributed by atoms with Gasteiger partial charge in [0, 0.05) is 13.0 Å². The smallest absolute Gasteiger partial charge is 0.308 e. The molecule has 1 aliphatic heterocycles. The first-order valence-corrected chi connectivity index (χ1v) is 6.12. The van der Waals surface area contributed by atoms with Crippen molar-refractivity contribution < 1.29 is 14.7 Å². The molecule has 10 heteroatoms. The number of nitrogens with one attached hydrogen (secondary N) is 3. The van der Waals surface area contributed by atoms with E-state index in [1.54, 1.807) is 0 Å². The Kier molecular flexibility index (Phi) is 2.67. The molecule has 3 heterocycles. The SMILES string of the molecule is O=C(O)C1CC(=O)N(c2nc3[nH]c(=S)[nH]c3c(=O)[nH]2)C1. The van der Waals surface area contributed by atoms with Gasteiger partial charge in [-0.1, -0.05) is 0 Å². The Morgan fingerprint density at radius 2 is 2.10 bits per heavy atom. The van der Waals surface area contributed by atoms with Crippen molar-refractivity contribution in [2.45, 2.75) is 6.42 Å². The molecule has 1 fully saturated rings. The van der Waals surface area contributed by atoms with Gasteiger partial charge in [0.25, 0.3) is 5.56 Å². The predicted octanol–water partition coefficient (Wildman–Crippen LogP) is -0.254. The van der Waals surface area contributed by atoms with Crippen LogP contribution in [0.25, 0.3) is 11.2 Å². The number of rotatable bonds is 2. The third-order valence-electron chi connectivity index (χ3n) is 3.11. The summed E-state index contributed by atoms with van der Waals surface area (Å²) in [6, 6.07) is 0. The minimum Gasteiger partial charge on any atom is -0.481 e. The number of nitrogens with zero attached hydrogens (tertiary/aromatic N) is 2. The molecule has 9 nitrogen and oxygen atoms in total. The van der Waals surface area contributed by atoms with Crippen LogP contribution in [0.15, 0.2) is 4.79 Å². The summed E-state index contributed by atoms with van der Waals surface area (Å²) in [7, 11) is 0. The zero-order chi connectivity index (χ0) is 14.4. The number of imidazole rings is 1. The van der Waals surface area contributed by atoms with Gasteiger partial charge in [-0.15, -0.1) is 0 Å². The summed E-state index contributed by atoms with van der Waals surface area (Å²) in [6.07, 6.45) is -0.111. The first-order valence-electron chi connectivity index (χ1n) is 5.71. The fraction of sp³-hybridized carbons (Fsp3) is 0.300. The van der Waals surface area contributed by atoms with Crippen LogP contribution in [-0.4, -0.2) is 43.5 Å². The van der Waals surface area contributed by atoms with Crippen molar-refractivity contribution in [3.63, 3.8) is 0 Å². The molecule has 0 spiro atoms. The second-order valence-corrected chi connectivity index (χ2v) is 4.84. The molecule has 0 aliphatic carbocycles. The van der Waals surface area contributed by atoms with Crippen molar-refractivity contribution in [2.75, 3.05) is 11.4 Å². The molecule has 0 bridgehead atoms. The molecule has 3 rings (SSSR count). The lowest BCUT2D eigenvalue weighted by Crippen LogP contribution is -2.29. The largest absolute Gasteiger partial charge is 0.481 e. The minimum atomic E-state index is -1.05. The highest BCUT2D eigenvalue weighted by atomic mass is 32.1. The van der Waals surface area contributed by atoms with E-state index in [-0.39, 0.29) is 34.8 Å². The van der Waals surface area contributed by atoms with Gasteiger partial charge in [-0.25, -0.2) is 0 Å². The minimum absolute atomic E-state index is 0.0153. The van der Waals surface area contributed by atoms with Gasteiger partial charge in [-0.2, -0.15) is 4.98 Å². The lowest BCUT2D eigenvalue weighted by molar-refractivity contribution is -0.141. The number of carbonyl (C=O) groups is 2. The van der Waals surface area contributed by atoms with E-state index in [4.69, 9.17) is 17.3 Å². The van der Waals surface area contributed by atoms with Crippen LogP contribution < -0.4 is 10.5 Å². The van der Waals surface area contributed by atoms with Crippen LogP contribution in [0.4, 0.5) is 5.95 Å². The van der Waals surface area contributed by atoms with Gasteiger partial charge in [0.2, 0.25) is 11.9 Å². The van der Waals surface area contributed by atoms with Gasteiger partial charge >= 0.3 is 5.97 Å². The maximum atomic E-state index is 11.8. The van der Waals surface area contributed by atoms with Crippen molar-refractivity contribution in [1.29, 1.82) is 0 Å². The quantitative estimate of drug-likeness (QED) is 0.564. The molecule has 0 radical (unpaired) electrons. The molecule has 104 valence electrons. The number of carboxylic acid groups (broad SMARTS) is 1. The molecule has 4 N–H and O–H groups in total. The van der Waals surface area contributed by atoms with Crippen LogP contribution in [0.2, 0.25) is 0 Å². The number of fused-ring (bicyclic) bond motifs is 1. The highest BCUT2D eigenvalue weighted by Crippen LogP contribution is 2.22. The Labute approximate surface area is 115 Å².